The van der Waals surface area contributed by atoms with Gasteiger partial charge in [-0.1, -0.05) is 44.0 Å². The molecule has 1 aromatic heterocycles. The molecule has 4 nitrogen and oxygen atoms in total. The fourth-order valence-corrected chi connectivity index (χ4v) is 3.13. The molecular weight excluding hydrogens is 310 g/mol. The maximum atomic E-state index is 6.42. The molecule has 2 N–H and O–H groups in total. The van der Waals surface area contributed by atoms with Gasteiger partial charge in [-0.2, -0.15) is 0 Å². The van der Waals surface area contributed by atoms with Crippen molar-refractivity contribution in [1.82, 2.24) is 9.55 Å². The quantitative estimate of drug-likeness (QED) is 0.653. The Morgan fingerprint density at radius 2 is 2.00 bits per heavy atom. The topological polar surface area (TPSA) is 53.1 Å². The van der Waals surface area contributed by atoms with Crippen LogP contribution in [0.4, 0.5) is 0 Å². The molecule has 0 aliphatic carbocycles. The van der Waals surface area contributed by atoms with E-state index in [0.717, 1.165) is 48.4 Å². The third-order valence-electron chi connectivity index (χ3n) is 4.46. The van der Waals surface area contributed by atoms with E-state index in [1.807, 2.05) is 30.3 Å². The van der Waals surface area contributed by atoms with Crippen molar-refractivity contribution in [2.45, 2.75) is 45.7 Å². The summed E-state index contributed by atoms with van der Waals surface area (Å²) in [5, 5.41) is 0. The molecule has 0 spiro atoms. The number of hydrogen-bond donors (Lipinski definition) is 1. The minimum absolute atomic E-state index is 0.0358. The van der Waals surface area contributed by atoms with Crippen molar-refractivity contribution in [2.75, 3.05) is 6.61 Å². The normalized spacial score (nSPS) is 12.4. The number of fused-ring (bicyclic) bond motifs is 1. The van der Waals surface area contributed by atoms with Gasteiger partial charge in [0.1, 0.15) is 18.2 Å². The Balaban J connectivity index is 1.78. The number of imidazole rings is 1. The summed E-state index contributed by atoms with van der Waals surface area (Å²) in [5.41, 5.74) is 9.75. The van der Waals surface area contributed by atoms with Gasteiger partial charge in [0.25, 0.3) is 0 Å². The lowest BCUT2D eigenvalue weighted by Gasteiger charge is -2.15. The Bertz CT molecular complexity index is 825. The third-order valence-corrected chi connectivity index (χ3v) is 4.46. The number of ether oxygens (including phenoxy) is 1. The van der Waals surface area contributed by atoms with Crippen LogP contribution in [0.3, 0.4) is 0 Å². The van der Waals surface area contributed by atoms with Crippen molar-refractivity contribution in [2.24, 2.45) is 5.73 Å². The molecule has 0 fully saturated rings. The number of para-hydroxylation sites is 2. The average Bonchev–Trinajstić information content (AvgIpc) is 2.99. The Kier molecular flexibility index (Phi) is 5.71. The number of aromatic nitrogens is 2. The van der Waals surface area contributed by atoms with Crippen LogP contribution in [-0.2, 0) is 6.54 Å². The van der Waals surface area contributed by atoms with Crippen LogP contribution in [-0.4, -0.2) is 16.2 Å². The molecular formula is C21H27N3O. The molecule has 0 saturated carbocycles. The third kappa shape index (κ3) is 4.20. The molecule has 1 atom stereocenters. The fourth-order valence-electron chi connectivity index (χ4n) is 3.13. The highest BCUT2D eigenvalue weighted by Crippen LogP contribution is 2.23. The lowest BCUT2D eigenvalue weighted by molar-refractivity contribution is 0.296. The molecule has 0 bridgehead atoms. The minimum Gasteiger partial charge on any atom is -0.492 e. The molecule has 1 heterocycles. The zero-order chi connectivity index (χ0) is 17.6. The van der Waals surface area contributed by atoms with Crippen LogP contribution in [0.15, 0.2) is 48.5 Å². The van der Waals surface area contributed by atoms with Crippen LogP contribution in [0.1, 0.15) is 43.6 Å². The largest absolute Gasteiger partial charge is 0.492 e. The second-order valence-corrected chi connectivity index (χ2v) is 6.52. The van der Waals surface area contributed by atoms with Crippen LogP contribution >= 0.6 is 0 Å². The predicted octanol–water partition coefficient (Wildman–Crippen LogP) is 4.61. The van der Waals surface area contributed by atoms with Crippen molar-refractivity contribution in [3.63, 3.8) is 0 Å². The standard InChI is InChI=1S/C21H27N3O/c1-3-4-10-18(22)21-23-19-11-5-6-12-20(19)24(21)13-14-25-17-9-7-8-16(2)15-17/h5-9,11-12,15,18H,3-4,10,13-14,22H2,1-2H3. The first-order valence-corrected chi connectivity index (χ1v) is 9.09. The number of rotatable bonds is 8. The van der Waals surface area contributed by atoms with Crippen LogP contribution < -0.4 is 10.5 Å². The van der Waals surface area contributed by atoms with Crippen molar-refractivity contribution < 1.29 is 4.74 Å². The van der Waals surface area contributed by atoms with Crippen molar-refractivity contribution in [3.8, 4) is 5.75 Å². The van der Waals surface area contributed by atoms with Gasteiger partial charge in [-0.15, -0.1) is 0 Å². The van der Waals surface area contributed by atoms with E-state index in [-0.39, 0.29) is 6.04 Å². The van der Waals surface area contributed by atoms with Crippen LogP contribution in [0, 0.1) is 6.92 Å². The van der Waals surface area contributed by atoms with Gasteiger partial charge in [0.2, 0.25) is 0 Å². The summed E-state index contributed by atoms with van der Waals surface area (Å²) < 4.78 is 8.15. The van der Waals surface area contributed by atoms with Crippen LogP contribution in [0.5, 0.6) is 5.75 Å². The number of hydrogen-bond acceptors (Lipinski definition) is 3. The molecule has 0 saturated heterocycles. The molecule has 132 valence electrons. The van der Waals surface area contributed by atoms with Gasteiger partial charge in [0.05, 0.1) is 23.6 Å². The fraction of sp³-hybridized carbons (Fsp3) is 0.381. The van der Waals surface area contributed by atoms with Gasteiger partial charge in [-0.05, 0) is 43.2 Å². The maximum absolute atomic E-state index is 6.42. The molecule has 4 heteroatoms. The predicted molar refractivity (Wildman–Crippen MR) is 103 cm³/mol. The highest BCUT2D eigenvalue weighted by Gasteiger charge is 2.16. The van der Waals surface area contributed by atoms with Gasteiger partial charge in [0, 0.05) is 0 Å². The van der Waals surface area contributed by atoms with Gasteiger partial charge < -0.3 is 15.0 Å². The van der Waals surface area contributed by atoms with Gasteiger partial charge >= 0.3 is 0 Å². The highest BCUT2D eigenvalue weighted by atomic mass is 16.5. The number of nitrogens with zero attached hydrogens (tertiary/aromatic N) is 2. The summed E-state index contributed by atoms with van der Waals surface area (Å²) in [4.78, 5) is 4.79. The minimum atomic E-state index is -0.0358. The zero-order valence-electron chi connectivity index (χ0n) is 15.1. The SMILES string of the molecule is CCCCC(N)c1nc2ccccc2n1CCOc1cccc(C)c1. The first-order valence-electron chi connectivity index (χ1n) is 9.09. The highest BCUT2D eigenvalue weighted by molar-refractivity contribution is 5.76. The number of unbranched alkanes of at least 4 members (excludes halogenated alkanes) is 1. The van der Waals surface area contributed by atoms with E-state index in [2.05, 4.69) is 36.6 Å². The van der Waals surface area contributed by atoms with Crippen molar-refractivity contribution >= 4 is 11.0 Å². The second kappa shape index (κ2) is 8.17. The summed E-state index contributed by atoms with van der Waals surface area (Å²) in [6.45, 7) is 5.59. The molecule has 0 amide bonds. The molecule has 2 aromatic carbocycles. The molecule has 3 rings (SSSR count). The first-order chi connectivity index (χ1) is 12.2. The van der Waals surface area contributed by atoms with Gasteiger partial charge in [-0.3, -0.25) is 0 Å². The van der Waals surface area contributed by atoms with Gasteiger partial charge in [-0.25, -0.2) is 4.98 Å². The van der Waals surface area contributed by atoms with Crippen LogP contribution in [0.25, 0.3) is 11.0 Å². The molecule has 0 radical (unpaired) electrons. The summed E-state index contributed by atoms with van der Waals surface area (Å²) in [6.07, 6.45) is 3.22. The molecule has 0 aliphatic rings. The van der Waals surface area contributed by atoms with Crippen LogP contribution in [0.2, 0.25) is 0 Å². The average molecular weight is 337 g/mol. The summed E-state index contributed by atoms with van der Waals surface area (Å²) in [7, 11) is 0. The van der Waals surface area contributed by atoms with E-state index in [1.165, 1.54) is 5.56 Å². The Hall–Kier alpha value is -2.33. The van der Waals surface area contributed by atoms with Crippen molar-refractivity contribution in [1.29, 1.82) is 0 Å². The number of nitrogens with two attached hydrogens (primary N) is 1. The van der Waals surface area contributed by atoms with E-state index in [1.54, 1.807) is 0 Å². The van der Waals surface area contributed by atoms with E-state index in [4.69, 9.17) is 15.5 Å². The first kappa shape index (κ1) is 17.5. The lowest BCUT2D eigenvalue weighted by atomic mass is 10.1. The molecule has 25 heavy (non-hydrogen) atoms. The number of aryl methyl sites for hydroxylation is 1. The monoisotopic (exact) mass is 337 g/mol. The van der Waals surface area contributed by atoms with Gasteiger partial charge in [0.15, 0.2) is 0 Å². The number of benzene rings is 2. The summed E-state index contributed by atoms with van der Waals surface area (Å²) >= 11 is 0. The smallest absolute Gasteiger partial charge is 0.126 e. The Morgan fingerprint density at radius 3 is 2.80 bits per heavy atom. The Labute approximate surface area is 149 Å². The van der Waals surface area contributed by atoms with E-state index < -0.39 is 0 Å². The summed E-state index contributed by atoms with van der Waals surface area (Å²) in [5.74, 6) is 1.86. The van der Waals surface area contributed by atoms with Crippen molar-refractivity contribution in [3.05, 3.63) is 59.9 Å². The van der Waals surface area contributed by atoms with E-state index >= 15 is 0 Å². The second-order valence-electron chi connectivity index (χ2n) is 6.52. The summed E-state index contributed by atoms with van der Waals surface area (Å²) in [6, 6.07) is 16.3. The lowest BCUT2D eigenvalue weighted by Crippen LogP contribution is -2.19. The zero-order valence-corrected chi connectivity index (χ0v) is 15.1. The van der Waals surface area contributed by atoms with E-state index in [0.29, 0.717) is 6.61 Å². The molecule has 3 aromatic rings. The molecule has 0 aliphatic heterocycles. The maximum Gasteiger partial charge on any atom is 0.126 e. The molecule has 1 unspecified atom stereocenters. The van der Waals surface area contributed by atoms with E-state index in [9.17, 15) is 0 Å². The Morgan fingerprint density at radius 1 is 1.16 bits per heavy atom.